The lowest BCUT2D eigenvalue weighted by Crippen LogP contribution is -2.36. The van der Waals surface area contributed by atoms with Gasteiger partial charge in [0, 0.05) is 6.20 Å². The zero-order valence-electron chi connectivity index (χ0n) is 13.1. The summed E-state index contributed by atoms with van der Waals surface area (Å²) >= 11 is 0. The maximum absolute atomic E-state index is 12.7. The van der Waals surface area contributed by atoms with Gasteiger partial charge in [-0.15, -0.1) is 0 Å². The molecule has 1 aromatic carbocycles. The number of nitrogens with one attached hydrogen (secondary N) is 1. The van der Waals surface area contributed by atoms with Gasteiger partial charge in [0.1, 0.15) is 0 Å². The Hall–Kier alpha value is -3.11. The van der Waals surface area contributed by atoms with Gasteiger partial charge in [-0.2, -0.15) is 26.3 Å². The molecule has 1 amide bonds. The highest BCUT2D eigenvalue weighted by Gasteiger charge is 2.42. The number of carbonyl (C=O) groups excluding carboxylic acids is 2. The lowest BCUT2D eigenvalue weighted by Gasteiger charge is -2.19. The molecule has 0 aliphatic rings. The Balaban J connectivity index is 2.28. The molecule has 0 saturated carbocycles. The van der Waals surface area contributed by atoms with Gasteiger partial charge in [0.15, 0.2) is 0 Å². The number of ether oxygens (including phenoxy) is 1. The van der Waals surface area contributed by atoms with Crippen LogP contribution in [0.4, 0.5) is 31.1 Å². The molecule has 0 spiro atoms. The van der Waals surface area contributed by atoms with E-state index in [4.69, 9.17) is 0 Å². The van der Waals surface area contributed by atoms with Crippen molar-refractivity contribution in [3.05, 3.63) is 65.5 Å². The normalized spacial score (nSPS) is 13.0. The first kappa shape index (κ1) is 20.2. The second-order valence-corrected chi connectivity index (χ2v) is 5.13. The molecule has 1 unspecified atom stereocenters. The summed E-state index contributed by atoms with van der Waals surface area (Å²) in [5.41, 5.74) is -0.771. The van der Waals surface area contributed by atoms with Crippen LogP contribution in [0.25, 0.3) is 0 Å². The molecule has 27 heavy (non-hydrogen) atoms. The number of alkyl carbamates (subject to hydrolysis) is 1. The maximum atomic E-state index is 12.7. The smallest absolute Gasteiger partial charge is 0.369 e. The van der Waals surface area contributed by atoms with Crippen LogP contribution in [0.2, 0.25) is 0 Å². The molecular formula is C16H10F6N2O3. The Bertz CT molecular complexity index is 804. The monoisotopic (exact) mass is 392 g/mol. The van der Waals surface area contributed by atoms with Crippen LogP contribution in [-0.4, -0.2) is 23.2 Å². The minimum absolute atomic E-state index is 0.0816. The Morgan fingerprint density at radius 1 is 0.963 bits per heavy atom. The van der Waals surface area contributed by atoms with Gasteiger partial charge in [-0.1, -0.05) is 18.2 Å². The highest BCUT2D eigenvalue weighted by atomic mass is 19.4. The van der Waals surface area contributed by atoms with E-state index < -0.39 is 36.0 Å². The Labute approximate surface area is 148 Å². The van der Waals surface area contributed by atoms with Gasteiger partial charge in [-0.05, 0) is 29.8 Å². The first-order valence-electron chi connectivity index (χ1n) is 7.16. The molecule has 0 saturated heterocycles. The quantitative estimate of drug-likeness (QED) is 0.487. The van der Waals surface area contributed by atoms with Crippen LogP contribution in [0, 0.1) is 0 Å². The molecule has 144 valence electrons. The maximum Gasteiger partial charge on any atom is 0.491 e. The summed E-state index contributed by atoms with van der Waals surface area (Å²) in [5, 5.41) is 1.99. The highest BCUT2D eigenvalue weighted by molar-refractivity contribution is 5.87. The van der Waals surface area contributed by atoms with E-state index in [0.717, 1.165) is 24.3 Å². The van der Waals surface area contributed by atoms with Crippen molar-refractivity contribution in [2.45, 2.75) is 18.4 Å². The summed E-state index contributed by atoms with van der Waals surface area (Å²) in [5.74, 6) is -2.73. The molecule has 2 aromatic rings. The fourth-order valence-corrected chi connectivity index (χ4v) is 2.03. The van der Waals surface area contributed by atoms with E-state index in [9.17, 15) is 35.9 Å². The number of benzene rings is 1. The zero-order chi connectivity index (χ0) is 20.2. The standard InChI is InChI=1S/C16H10F6N2O3/c17-15(18,19)10-6-4-9(5-7-10)12(11-3-1-2-8-23-11)24-14(26)27-13(25)16(20,21)22/h1-8,12H,(H,24,26). The van der Waals surface area contributed by atoms with Crippen molar-refractivity contribution in [3.63, 3.8) is 0 Å². The molecule has 1 atom stereocenters. The Kier molecular flexibility index (Phi) is 5.72. The van der Waals surface area contributed by atoms with Crippen molar-refractivity contribution >= 4 is 12.1 Å². The number of hydrogen-bond donors (Lipinski definition) is 1. The molecule has 0 bridgehead atoms. The lowest BCUT2D eigenvalue weighted by atomic mass is 10.0. The number of pyridine rings is 1. The van der Waals surface area contributed by atoms with E-state index in [1.807, 2.05) is 5.32 Å². The summed E-state index contributed by atoms with van der Waals surface area (Å²) in [6.45, 7) is 0. The lowest BCUT2D eigenvalue weighted by molar-refractivity contribution is -0.192. The predicted octanol–water partition coefficient (Wildman–Crippen LogP) is 4.00. The molecule has 0 aliphatic heterocycles. The number of esters is 1. The molecule has 0 fully saturated rings. The van der Waals surface area contributed by atoms with Crippen LogP contribution in [0.1, 0.15) is 22.9 Å². The summed E-state index contributed by atoms with van der Waals surface area (Å²) in [6, 6.07) is 6.66. The molecular weight excluding hydrogens is 382 g/mol. The van der Waals surface area contributed by atoms with Gasteiger partial charge in [0.05, 0.1) is 17.3 Å². The van der Waals surface area contributed by atoms with E-state index >= 15 is 0 Å². The predicted molar refractivity (Wildman–Crippen MR) is 78.2 cm³/mol. The fourth-order valence-electron chi connectivity index (χ4n) is 2.03. The largest absolute Gasteiger partial charge is 0.491 e. The zero-order valence-corrected chi connectivity index (χ0v) is 13.1. The molecule has 0 radical (unpaired) electrons. The summed E-state index contributed by atoms with van der Waals surface area (Å²) in [4.78, 5) is 26.3. The summed E-state index contributed by atoms with van der Waals surface area (Å²) < 4.78 is 78.2. The topological polar surface area (TPSA) is 68.3 Å². The van der Waals surface area contributed by atoms with E-state index in [2.05, 4.69) is 9.72 Å². The minimum Gasteiger partial charge on any atom is -0.369 e. The van der Waals surface area contributed by atoms with Gasteiger partial charge in [-0.3, -0.25) is 4.98 Å². The second-order valence-electron chi connectivity index (χ2n) is 5.13. The van der Waals surface area contributed by atoms with Crippen molar-refractivity contribution < 1.29 is 40.7 Å². The van der Waals surface area contributed by atoms with Crippen LogP contribution in [0.3, 0.4) is 0 Å². The SMILES string of the molecule is O=C(NC(c1ccc(C(F)(F)F)cc1)c1ccccn1)OC(=O)C(F)(F)F. The van der Waals surface area contributed by atoms with Crippen LogP contribution >= 0.6 is 0 Å². The molecule has 1 aromatic heterocycles. The van der Waals surface area contributed by atoms with Crippen molar-refractivity contribution in [3.8, 4) is 0 Å². The average molecular weight is 392 g/mol. The van der Waals surface area contributed by atoms with Crippen LogP contribution in [0.5, 0.6) is 0 Å². The van der Waals surface area contributed by atoms with Crippen molar-refractivity contribution in [2.75, 3.05) is 0 Å². The highest BCUT2D eigenvalue weighted by Crippen LogP contribution is 2.31. The number of hydrogen-bond acceptors (Lipinski definition) is 4. The van der Waals surface area contributed by atoms with Gasteiger partial charge < -0.3 is 10.1 Å². The molecule has 5 nitrogen and oxygen atoms in total. The van der Waals surface area contributed by atoms with E-state index in [-0.39, 0.29) is 11.3 Å². The molecule has 1 N–H and O–H groups in total. The summed E-state index contributed by atoms with van der Waals surface area (Å²) in [7, 11) is 0. The number of carbonyl (C=O) groups is 2. The number of amides is 1. The van der Waals surface area contributed by atoms with Crippen molar-refractivity contribution in [1.82, 2.24) is 10.3 Å². The molecule has 1 heterocycles. The van der Waals surface area contributed by atoms with Crippen molar-refractivity contribution in [2.24, 2.45) is 0 Å². The number of aromatic nitrogens is 1. The van der Waals surface area contributed by atoms with Crippen LogP contribution in [-0.2, 0) is 15.7 Å². The molecule has 2 rings (SSSR count). The average Bonchev–Trinajstić information content (AvgIpc) is 2.59. The minimum atomic E-state index is -5.38. The second kappa shape index (κ2) is 7.64. The fraction of sp³-hybridized carbons (Fsp3) is 0.188. The summed E-state index contributed by atoms with van der Waals surface area (Å²) in [6.07, 6.45) is -10.4. The van der Waals surface area contributed by atoms with E-state index in [0.29, 0.717) is 0 Å². The first-order chi connectivity index (χ1) is 12.5. The van der Waals surface area contributed by atoms with Crippen LogP contribution < -0.4 is 5.32 Å². The number of rotatable bonds is 3. The van der Waals surface area contributed by atoms with E-state index in [1.165, 1.54) is 24.4 Å². The van der Waals surface area contributed by atoms with Gasteiger partial charge in [-0.25, -0.2) is 9.59 Å². The van der Waals surface area contributed by atoms with Crippen LogP contribution in [0.15, 0.2) is 48.7 Å². The Morgan fingerprint density at radius 2 is 1.59 bits per heavy atom. The molecule has 11 heteroatoms. The third kappa shape index (κ3) is 5.43. The number of nitrogens with zero attached hydrogens (tertiary/aromatic N) is 1. The number of halogens is 6. The third-order valence-corrected chi connectivity index (χ3v) is 3.23. The first-order valence-corrected chi connectivity index (χ1v) is 7.16. The van der Waals surface area contributed by atoms with Crippen molar-refractivity contribution in [1.29, 1.82) is 0 Å². The van der Waals surface area contributed by atoms with Gasteiger partial charge >= 0.3 is 24.4 Å². The Morgan fingerprint density at radius 3 is 2.07 bits per heavy atom. The van der Waals surface area contributed by atoms with E-state index in [1.54, 1.807) is 0 Å². The van der Waals surface area contributed by atoms with Gasteiger partial charge in [0.2, 0.25) is 0 Å². The number of alkyl halides is 6. The molecule has 0 aliphatic carbocycles. The van der Waals surface area contributed by atoms with Gasteiger partial charge in [0.25, 0.3) is 0 Å². The third-order valence-electron chi connectivity index (χ3n) is 3.23.